The number of rotatable bonds is 19. The molecule has 0 spiro atoms. The van der Waals surface area contributed by atoms with Crippen LogP contribution in [0.25, 0.3) is 22.2 Å². The molecule has 0 aliphatic carbocycles. The average Bonchev–Trinajstić information content (AvgIpc) is 3.76. The number of carbonyl (C=O) groups is 3. The molecule has 5 heterocycles. The molecular weight excluding hydrogens is 772 g/mol. The predicted octanol–water partition coefficient (Wildman–Crippen LogP) is 2.50. The summed E-state index contributed by atoms with van der Waals surface area (Å²) in [5, 5.41) is 31.9. The van der Waals surface area contributed by atoms with E-state index in [9.17, 15) is 24.6 Å². The molecule has 3 aliphatic heterocycles. The second-order valence-corrected chi connectivity index (χ2v) is 14.7. The van der Waals surface area contributed by atoms with E-state index in [2.05, 4.69) is 30.8 Å². The molecule has 2 aromatic carbocycles. The summed E-state index contributed by atoms with van der Waals surface area (Å²) in [7, 11) is 0. The number of aromatic amines is 1. The molecule has 18 heteroatoms. The van der Waals surface area contributed by atoms with Gasteiger partial charge >= 0.3 is 0 Å². The van der Waals surface area contributed by atoms with E-state index < -0.39 is 36.2 Å². The van der Waals surface area contributed by atoms with Crippen LogP contribution in [0.15, 0.2) is 54.9 Å². The van der Waals surface area contributed by atoms with Crippen LogP contribution in [0.5, 0.6) is 5.75 Å². The van der Waals surface area contributed by atoms with Gasteiger partial charge in [0.25, 0.3) is 5.91 Å². The van der Waals surface area contributed by atoms with E-state index in [4.69, 9.17) is 35.5 Å². The quantitative estimate of drug-likeness (QED) is 0.0593. The lowest BCUT2D eigenvalue weighted by atomic mass is 10.0. The average molecular weight is 821 g/mol. The van der Waals surface area contributed by atoms with E-state index in [-0.39, 0.29) is 50.0 Å². The molecule has 0 bridgehead atoms. The summed E-state index contributed by atoms with van der Waals surface area (Å²) in [5.74, 6) is -0.609. The fourth-order valence-corrected chi connectivity index (χ4v) is 7.78. The van der Waals surface area contributed by atoms with Crippen LogP contribution in [-0.2, 0) is 28.6 Å². The summed E-state index contributed by atoms with van der Waals surface area (Å²) in [6.07, 6.45) is 3.26. The van der Waals surface area contributed by atoms with E-state index in [0.717, 1.165) is 48.9 Å². The Balaban J connectivity index is 0.718. The molecule has 2 fully saturated rings. The molecule has 3 unspecified atom stereocenters. The number of H-pyrrole nitrogens is 1. The Kier molecular flexibility index (Phi) is 14.2. The Bertz CT molecular complexity index is 2050. The Morgan fingerprint density at radius 1 is 0.966 bits per heavy atom. The number of nitrogens with one attached hydrogen (secondary N) is 4. The summed E-state index contributed by atoms with van der Waals surface area (Å²) in [5.41, 5.74) is 3.30. The topological polar surface area (TPSA) is 213 Å². The summed E-state index contributed by atoms with van der Waals surface area (Å²) in [4.78, 5) is 52.6. The number of hydrogen-bond donors (Lipinski definition) is 6. The third kappa shape index (κ3) is 10.1. The summed E-state index contributed by atoms with van der Waals surface area (Å²) < 4.78 is 22.7. The van der Waals surface area contributed by atoms with Crippen LogP contribution in [0.2, 0.25) is 5.02 Å². The lowest BCUT2D eigenvalue weighted by Gasteiger charge is -2.34. The number of ether oxygens (including phenoxy) is 4. The molecular formula is C40H49ClN8O9. The Morgan fingerprint density at radius 3 is 2.59 bits per heavy atom. The number of carbonyl (C=O) groups excluding carboxylic acids is 3. The van der Waals surface area contributed by atoms with Crippen LogP contribution < -0.4 is 20.7 Å². The zero-order valence-electron chi connectivity index (χ0n) is 32.0. The number of piperidine rings is 2. The van der Waals surface area contributed by atoms with Gasteiger partial charge in [-0.1, -0.05) is 41.9 Å². The minimum atomic E-state index is -1.36. The number of aliphatic hydroxyl groups is 2. The van der Waals surface area contributed by atoms with E-state index in [1.165, 1.54) is 4.90 Å². The van der Waals surface area contributed by atoms with Crippen molar-refractivity contribution in [3.8, 4) is 17.0 Å². The first-order chi connectivity index (χ1) is 28.3. The highest BCUT2D eigenvalue weighted by molar-refractivity contribution is 6.33. The molecule has 310 valence electrons. The van der Waals surface area contributed by atoms with Gasteiger partial charge in [0.15, 0.2) is 6.61 Å². The number of likely N-dealkylation sites (tertiary alicyclic amines) is 1. The van der Waals surface area contributed by atoms with E-state index in [1.807, 2.05) is 30.5 Å². The molecule has 7 rings (SSSR count). The number of benzene rings is 2. The maximum atomic E-state index is 12.4. The van der Waals surface area contributed by atoms with Gasteiger partial charge in [0.2, 0.25) is 17.8 Å². The van der Waals surface area contributed by atoms with Crippen molar-refractivity contribution in [2.24, 2.45) is 0 Å². The zero-order chi connectivity index (χ0) is 40.4. The zero-order valence-corrected chi connectivity index (χ0v) is 32.8. The molecule has 4 aromatic rings. The van der Waals surface area contributed by atoms with Crippen molar-refractivity contribution in [2.45, 2.75) is 50.2 Å². The van der Waals surface area contributed by atoms with Gasteiger partial charge in [-0.05, 0) is 37.9 Å². The van der Waals surface area contributed by atoms with Crippen molar-refractivity contribution in [3.63, 3.8) is 0 Å². The van der Waals surface area contributed by atoms with Gasteiger partial charge in [-0.15, -0.1) is 0 Å². The van der Waals surface area contributed by atoms with Gasteiger partial charge < -0.3 is 44.8 Å². The second-order valence-electron chi connectivity index (χ2n) is 14.3. The van der Waals surface area contributed by atoms with Crippen molar-refractivity contribution >= 4 is 46.2 Å². The smallest absolute Gasteiger partial charge is 0.258 e. The number of halogens is 1. The third-order valence-corrected chi connectivity index (χ3v) is 10.7. The molecule has 17 nitrogen and oxygen atoms in total. The van der Waals surface area contributed by atoms with Crippen molar-refractivity contribution in [1.29, 1.82) is 0 Å². The lowest BCUT2D eigenvalue weighted by Crippen LogP contribution is -2.52. The molecule has 3 amide bonds. The molecule has 2 aromatic heterocycles. The maximum absolute atomic E-state index is 12.4. The second kappa shape index (κ2) is 19.8. The van der Waals surface area contributed by atoms with Gasteiger partial charge in [-0.2, -0.15) is 0 Å². The van der Waals surface area contributed by atoms with Crippen molar-refractivity contribution < 1.29 is 43.5 Å². The first kappa shape index (κ1) is 41.4. The number of anilines is 1. The standard InChI is InChI=1S/C40H49ClN8O9/c41-29-22-44-40(47-36(29)28-21-43-30-8-2-1-6-26(28)30)45-25-5-4-13-48(23-25)14-16-56-18-20-57-19-17-55-15-12-42-34(51)24-58-32-9-3-7-27-35(32)39(54)49(38(27)53)31-10-11-33(50)46-37(31)52/h1-3,6-9,21-22,25,31,38-39,43,53-54H,4-5,10-20,23-24H2,(H,42,51)(H,44,45,47)(H,46,50,52)/t25-,31?,38?,39?/m1/s1. The molecule has 4 atom stereocenters. The summed E-state index contributed by atoms with van der Waals surface area (Å²) >= 11 is 6.52. The van der Waals surface area contributed by atoms with Gasteiger partial charge in [0.1, 0.15) is 18.2 Å². The van der Waals surface area contributed by atoms with E-state index in [0.29, 0.717) is 55.3 Å². The molecule has 6 N–H and O–H groups in total. The summed E-state index contributed by atoms with van der Waals surface area (Å²) in [6, 6.07) is 12.2. The van der Waals surface area contributed by atoms with Crippen molar-refractivity contribution in [1.82, 2.24) is 35.4 Å². The Morgan fingerprint density at radius 2 is 1.76 bits per heavy atom. The van der Waals surface area contributed by atoms with Crippen molar-refractivity contribution in [2.75, 3.05) is 77.7 Å². The Hall–Kier alpha value is -4.72. The SMILES string of the molecule is O=C(COc1cccc2c1C(O)N(C1CCC(=O)NC1=O)C2O)NCCOCCOCCOCCN1CCC[C@@H](Nc2ncc(Cl)c(-c3c[nH]c4ccccc34)n2)C1. The van der Waals surface area contributed by atoms with Gasteiger partial charge in [0, 0.05) is 65.9 Å². The number of fused-ring (bicyclic) bond motifs is 2. The number of hydrogen-bond acceptors (Lipinski definition) is 14. The number of aromatic nitrogens is 3. The van der Waals surface area contributed by atoms with Crippen LogP contribution >= 0.6 is 11.6 Å². The highest BCUT2D eigenvalue weighted by Crippen LogP contribution is 2.46. The van der Waals surface area contributed by atoms with E-state index in [1.54, 1.807) is 24.4 Å². The fraction of sp³-hybridized carbons (Fsp3) is 0.475. The lowest BCUT2D eigenvalue weighted by molar-refractivity contribution is -0.154. The predicted molar refractivity (Wildman–Crippen MR) is 213 cm³/mol. The molecule has 0 radical (unpaired) electrons. The molecule has 0 saturated carbocycles. The molecule has 3 aliphatic rings. The van der Waals surface area contributed by atoms with Crippen molar-refractivity contribution in [3.05, 3.63) is 71.0 Å². The highest BCUT2D eigenvalue weighted by atomic mass is 35.5. The van der Waals surface area contributed by atoms with Crippen LogP contribution in [0.4, 0.5) is 5.95 Å². The van der Waals surface area contributed by atoms with Gasteiger partial charge in [-0.25, -0.2) is 14.9 Å². The van der Waals surface area contributed by atoms with Gasteiger partial charge in [-0.3, -0.25) is 24.6 Å². The number of aliphatic hydroxyl groups excluding tert-OH is 2. The van der Waals surface area contributed by atoms with Crippen LogP contribution in [0.3, 0.4) is 0 Å². The first-order valence-electron chi connectivity index (χ1n) is 19.6. The molecule has 2 saturated heterocycles. The number of nitrogens with zero attached hydrogens (tertiary/aromatic N) is 4. The number of imide groups is 1. The highest BCUT2D eigenvalue weighted by Gasteiger charge is 2.46. The van der Waals surface area contributed by atoms with Gasteiger partial charge in [0.05, 0.1) is 62.6 Å². The number of para-hydroxylation sites is 1. The fourth-order valence-electron chi connectivity index (χ4n) is 7.58. The van der Waals surface area contributed by atoms with Crippen LogP contribution in [0.1, 0.15) is 49.3 Å². The monoisotopic (exact) mass is 820 g/mol. The minimum Gasteiger partial charge on any atom is -0.483 e. The number of amides is 3. The first-order valence-corrected chi connectivity index (χ1v) is 20.0. The molecule has 58 heavy (non-hydrogen) atoms. The van der Waals surface area contributed by atoms with E-state index >= 15 is 0 Å². The maximum Gasteiger partial charge on any atom is 0.258 e. The normalized spacial score (nSPS) is 21.2. The largest absolute Gasteiger partial charge is 0.483 e. The minimum absolute atomic E-state index is 0.0953. The third-order valence-electron chi connectivity index (χ3n) is 10.4. The summed E-state index contributed by atoms with van der Waals surface area (Å²) in [6.45, 7) is 5.11. The Labute approximate surface area is 340 Å². The van der Waals surface area contributed by atoms with Crippen LogP contribution in [0, 0.1) is 0 Å². The van der Waals surface area contributed by atoms with Crippen LogP contribution in [-0.4, -0.2) is 137 Å².